The number of benzene rings is 1. The van der Waals surface area contributed by atoms with Crippen LogP contribution in [-0.4, -0.2) is 31.2 Å². The van der Waals surface area contributed by atoms with Gasteiger partial charge in [0.15, 0.2) is 0 Å². The summed E-state index contributed by atoms with van der Waals surface area (Å²) < 4.78 is 8.23. The molecule has 2 aromatic heterocycles. The van der Waals surface area contributed by atoms with Gasteiger partial charge >= 0.3 is 0 Å². The molecule has 0 saturated heterocycles. The van der Waals surface area contributed by atoms with Gasteiger partial charge in [0.05, 0.1) is 11.7 Å². The van der Waals surface area contributed by atoms with Crippen molar-refractivity contribution in [3.63, 3.8) is 0 Å². The van der Waals surface area contributed by atoms with E-state index in [0.717, 1.165) is 28.3 Å². The van der Waals surface area contributed by atoms with Crippen molar-refractivity contribution >= 4 is 28.7 Å². The average molecular weight is 285 g/mol. The summed E-state index contributed by atoms with van der Waals surface area (Å²) in [4.78, 5) is 19.9. The molecule has 0 unspecified atom stereocenters. The van der Waals surface area contributed by atoms with Crippen molar-refractivity contribution in [2.75, 3.05) is 6.54 Å². The van der Waals surface area contributed by atoms with Gasteiger partial charge < -0.3 is 5.32 Å². The van der Waals surface area contributed by atoms with Gasteiger partial charge in [0.25, 0.3) is 5.91 Å². The van der Waals surface area contributed by atoms with Crippen LogP contribution >= 0.6 is 11.7 Å². The molecule has 100 valence electrons. The Morgan fingerprint density at radius 3 is 2.80 bits per heavy atom. The maximum atomic E-state index is 12.0. The second-order valence-electron chi connectivity index (χ2n) is 4.22. The number of aromatic nitrogens is 4. The first kappa shape index (κ1) is 12.6. The van der Waals surface area contributed by atoms with Gasteiger partial charge in [-0.05, 0) is 30.2 Å². The Kier molecular flexibility index (Phi) is 3.60. The fraction of sp³-hybridized carbons (Fsp3) is 0.154. The Labute approximate surface area is 119 Å². The maximum Gasteiger partial charge on any atom is 0.251 e. The molecule has 1 N–H and O–H groups in total. The minimum Gasteiger partial charge on any atom is -0.352 e. The standard InChI is InChI=1S/C13H11N5OS/c19-13(16-4-3-9-6-14-8-15-7-9)10-1-2-11-12(5-10)18-20-17-11/h1-2,5-8H,3-4H2,(H,16,19). The van der Waals surface area contributed by atoms with E-state index in [-0.39, 0.29) is 5.91 Å². The van der Waals surface area contributed by atoms with Crippen molar-refractivity contribution in [2.24, 2.45) is 0 Å². The molecular weight excluding hydrogens is 274 g/mol. The third kappa shape index (κ3) is 2.77. The van der Waals surface area contributed by atoms with Crippen molar-refractivity contribution in [1.29, 1.82) is 0 Å². The van der Waals surface area contributed by atoms with Gasteiger partial charge in [-0.2, -0.15) is 8.75 Å². The second-order valence-corrected chi connectivity index (χ2v) is 4.75. The lowest BCUT2D eigenvalue weighted by Gasteiger charge is -2.04. The van der Waals surface area contributed by atoms with Gasteiger partial charge in [-0.25, -0.2) is 9.97 Å². The molecular formula is C13H11N5OS. The Hall–Kier alpha value is -2.41. The number of hydrogen-bond acceptors (Lipinski definition) is 6. The Balaban J connectivity index is 1.61. The summed E-state index contributed by atoms with van der Waals surface area (Å²) in [5.74, 6) is -0.114. The molecule has 1 amide bonds. The minimum absolute atomic E-state index is 0.114. The van der Waals surface area contributed by atoms with Gasteiger partial charge in [-0.3, -0.25) is 4.79 Å². The number of hydrogen-bond donors (Lipinski definition) is 1. The molecule has 0 aliphatic heterocycles. The van der Waals surface area contributed by atoms with E-state index in [1.807, 2.05) is 0 Å². The molecule has 3 aromatic rings. The summed E-state index contributed by atoms with van der Waals surface area (Å²) in [6, 6.07) is 5.31. The highest BCUT2D eigenvalue weighted by molar-refractivity contribution is 7.00. The van der Waals surface area contributed by atoms with Crippen molar-refractivity contribution in [3.8, 4) is 0 Å². The predicted octanol–water partition coefficient (Wildman–Crippen LogP) is 1.45. The highest BCUT2D eigenvalue weighted by Crippen LogP contribution is 2.13. The Bertz CT molecular complexity index is 728. The van der Waals surface area contributed by atoms with Gasteiger partial charge in [0.1, 0.15) is 17.4 Å². The average Bonchev–Trinajstić information content (AvgIpc) is 2.95. The van der Waals surface area contributed by atoms with Crippen molar-refractivity contribution in [3.05, 3.63) is 48.0 Å². The van der Waals surface area contributed by atoms with Crippen molar-refractivity contribution < 1.29 is 4.79 Å². The zero-order chi connectivity index (χ0) is 13.8. The van der Waals surface area contributed by atoms with E-state index in [1.165, 1.54) is 6.33 Å². The predicted molar refractivity (Wildman–Crippen MR) is 75.5 cm³/mol. The van der Waals surface area contributed by atoms with Crippen LogP contribution in [0.3, 0.4) is 0 Å². The topological polar surface area (TPSA) is 80.7 Å². The minimum atomic E-state index is -0.114. The number of carbonyl (C=O) groups excluding carboxylic acids is 1. The first-order chi connectivity index (χ1) is 9.83. The molecule has 0 spiro atoms. The van der Waals surface area contributed by atoms with Crippen LogP contribution in [0.1, 0.15) is 15.9 Å². The zero-order valence-electron chi connectivity index (χ0n) is 10.5. The number of nitrogens with one attached hydrogen (secondary N) is 1. The van der Waals surface area contributed by atoms with Crippen LogP contribution in [0.2, 0.25) is 0 Å². The van der Waals surface area contributed by atoms with E-state index in [2.05, 4.69) is 24.0 Å². The number of rotatable bonds is 4. The fourth-order valence-corrected chi connectivity index (χ4v) is 2.32. The number of amides is 1. The van der Waals surface area contributed by atoms with E-state index in [4.69, 9.17) is 0 Å². The zero-order valence-corrected chi connectivity index (χ0v) is 11.3. The molecule has 7 heteroatoms. The van der Waals surface area contributed by atoms with Crippen LogP contribution in [-0.2, 0) is 6.42 Å². The summed E-state index contributed by atoms with van der Waals surface area (Å²) in [5, 5.41) is 2.87. The van der Waals surface area contributed by atoms with Crippen LogP contribution in [0.4, 0.5) is 0 Å². The molecule has 2 heterocycles. The molecule has 0 fully saturated rings. The lowest BCUT2D eigenvalue weighted by Crippen LogP contribution is -2.25. The summed E-state index contributed by atoms with van der Waals surface area (Å²) in [6.07, 6.45) is 5.67. The van der Waals surface area contributed by atoms with E-state index in [1.54, 1.807) is 30.6 Å². The molecule has 0 saturated carbocycles. The SMILES string of the molecule is O=C(NCCc1cncnc1)c1ccc2nsnc2c1. The number of nitrogens with zero attached hydrogens (tertiary/aromatic N) is 4. The Morgan fingerprint density at radius 2 is 1.95 bits per heavy atom. The Morgan fingerprint density at radius 1 is 1.15 bits per heavy atom. The van der Waals surface area contributed by atoms with Gasteiger partial charge in [0, 0.05) is 24.5 Å². The highest BCUT2D eigenvalue weighted by atomic mass is 32.1. The summed E-state index contributed by atoms with van der Waals surface area (Å²) >= 11 is 1.14. The molecule has 6 nitrogen and oxygen atoms in total. The number of carbonyl (C=O) groups is 1. The fourth-order valence-electron chi connectivity index (χ4n) is 1.80. The lowest BCUT2D eigenvalue weighted by atomic mass is 10.2. The van der Waals surface area contributed by atoms with Crippen molar-refractivity contribution in [2.45, 2.75) is 6.42 Å². The van der Waals surface area contributed by atoms with Crippen LogP contribution in [0.15, 0.2) is 36.9 Å². The molecule has 0 bridgehead atoms. The van der Waals surface area contributed by atoms with E-state index in [9.17, 15) is 4.79 Å². The molecule has 0 aliphatic rings. The van der Waals surface area contributed by atoms with E-state index in [0.29, 0.717) is 18.5 Å². The normalized spacial score (nSPS) is 10.6. The van der Waals surface area contributed by atoms with Crippen LogP contribution in [0.25, 0.3) is 11.0 Å². The smallest absolute Gasteiger partial charge is 0.251 e. The summed E-state index contributed by atoms with van der Waals surface area (Å²) in [5.41, 5.74) is 3.15. The molecule has 0 aliphatic carbocycles. The first-order valence-corrected chi connectivity index (χ1v) is 6.80. The molecule has 1 aromatic carbocycles. The summed E-state index contributed by atoms with van der Waals surface area (Å²) in [6.45, 7) is 0.541. The molecule has 20 heavy (non-hydrogen) atoms. The van der Waals surface area contributed by atoms with E-state index < -0.39 is 0 Å². The molecule has 0 radical (unpaired) electrons. The molecule has 3 rings (SSSR count). The van der Waals surface area contributed by atoms with Gasteiger partial charge in [-0.15, -0.1) is 0 Å². The third-order valence-corrected chi connectivity index (χ3v) is 3.39. The van der Waals surface area contributed by atoms with Crippen LogP contribution in [0.5, 0.6) is 0 Å². The quantitative estimate of drug-likeness (QED) is 0.784. The lowest BCUT2D eigenvalue weighted by molar-refractivity contribution is 0.0954. The summed E-state index contributed by atoms with van der Waals surface area (Å²) in [7, 11) is 0. The van der Waals surface area contributed by atoms with Gasteiger partial charge in [0.2, 0.25) is 0 Å². The van der Waals surface area contributed by atoms with Gasteiger partial charge in [-0.1, -0.05) is 0 Å². The first-order valence-electron chi connectivity index (χ1n) is 6.07. The highest BCUT2D eigenvalue weighted by Gasteiger charge is 2.07. The van der Waals surface area contributed by atoms with Crippen molar-refractivity contribution in [1.82, 2.24) is 24.0 Å². The van der Waals surface area contributed by atoms with E-state index >= 15 is 0 Å². The third-order valence-electron chi connectivity index (χ3n) is 2.83. The van der Waals surface area contributed by atoms with Crippen LogP contribution < -0.4 is 5.32 Å². The monoisotopic (exact) mass is 285 g/mol. The maximum absolute atomic E-state index is 12.0. The largest absolute Gasteiger partial charge is 0.352 e. The number of fused-ring (bicyclic) bond motifs is 1. The van der Waals surface area contributed by atoms with Crippen LogP contribution in [0, 0.1) is 0 Å². The molecule has 0 atom stereocenters. The second kappa shape index (κ2) is 5.70.